The predicted molar refractivity (Wildman–Crippen MR) is 68.3 cm³/mol. The summed E-state index contributed by atoms with van der Waals surface area (Å²) >= 11 is 0. The summed E-state index contributed by atoms with van der Waals surface area (Å²) in [5.41, 5.74) is 1.27. The van der Waals surface area contributed by atoms with Crippen LogP contribution in [0.5, 0.6) is 0 Å². The average Bonchev–Trinajstić information content (AvgIpc) is 2.45. The number of carbonyl (C=O) groups is 1. The quantitative estimate of drug-likeness (QED) is 0.628. The van der Waals surface area contributed by atoms with Crippen molar-refractivity contribution >= 4 is 5.97 Å². The Morgan fingerprint density at radius 2 is 2.22 bits per heavy atom. The van der Waals surface area contributed by atoms with Crippen LogP contribution in [0.2, 0.25) is 0 Å². The van der Waals surface area contributed by atoms with E-state index in [9.17, 15) is 4.79 Å². The van der Waals surface area contributed by atoms with Crippen LogP contribution in [0.4, 0.5) is 0 Å². The highest BCUT2D eigenvalue weighted by Gasteiger charge is 2.22. The number of esters is 1. The molecule has 1 saturated heterocycles. The standard InChI is InChI=1S/C14H19NO3/c16-14(13-11-17-10-8-15-13)18-9-4-7-12-5-2-1-3-6-12/h1-3,5-6,13,15H,4,7-11H2. The van der Waals surface area contributed by atoms with Crippen LogP contribution in [0.3, 0.4) is 0 Å². The molecule has 1 heterocycles. The van der Waals surface area contributed by atoms with Crippen LogP contribution in [-0.4, -0.2) is 38.4 Å². The molecule has 1 aromatic rings. The van der Waals surface area contributed by atoms with Crippen molar-refractivity contribution in [3.63, 3.8) is 0 Å². The third-order valence-electron chi connectivity index (χ3n) is 2.90. The van der Waals surface area contributed by atoms with E-state index >= 15 is 0 Å². The lowest BCUT2D eigenvalue weighted by atomic mass is 10.1. The van der Waals surface area contributed by atoms with E-state index in [2.05, 4.69) is 17.4 Å². The maximum Gasteiger partial charge on any atom is 0.325 e. The van der Waals surface area contributed by atoms with E-state index < -0.39 is 0 Å². The van der Waals surface area contributed by atoms with Gasteiger partial charge in [-0.2, -0.15) is 0 Å². The molecule has 2 rings (SSSR count). The first-order valence-corrected chi connectivity index (χ1v) is 6.38. The molecule has 18 heavy (non-hydrogen) atoms. The Kier molecular flexibility index (Phi) is 5.17. The summed E-state index contributed by atoms with van der Waals surface area (Å²) in [6, 6.07) is 9.90. The summed E-state index contributed by atoms with van der Waals surface area (Å²) in [4.78, 5) is 11.6. The zero-order valence-corrected chi connectivity index (χ0v) is 10.4. The van der Waals surface area contributed by atoms with Crippen LogP contribution in [-0.2, 0) is 20.7 Å². The molecule has 1 aromatic carbocycles. The monoisotopic (exact) mass is 249 g/mol. The van der Waals surface area contributed by atoms with Gasteiger partial charge in [-0.05, 0) is 18.4 Å². The molecular formula is C14H19NO3. The third-order valence-corrected chi connectivity index (χ3v) is 2.90. The van der Waals surface area contributed by atoms with Gasteiger partial charge in [0.1, 0.15) is 6.04 Å². The Balaban J connectivity index is 1.61. The highest BCUT2D eigenvalue weighted by molar-refractivity contribution is 5.76. The summed E-state index contributed by atoms with van der Waals surface area (Å²) in [5.74, 6) is -0.206. The Morgan fingerprint density at radius 1 is 1.39 bits per heavy atom. The van der Waals surface area contributed by atoms with Gasteiger partial charge in [0.2, 0.25) is 0 Å². The van der Waals surface area contributed by atoms with Crippen LogP contribution in [0, 0.1) is 0 Å². The molecular weight excluding hydrogens is 230 g/mol. The summed E-state index contributed by atoms with van der Waals surface area (Å²) in [6.07, 6.45) is 1.78. The van der Waals surface area contributed by atoms with Crippen molar-refractivity contribution in [2.24, 2.45) is 0 Å². The van der Waals surface area contributed by atoms with E-state index in [1.54, 1.807) is 0 Å². The first-order chi connectivity index (χ1) is 8.86. The average molecular weight is 249 g/mol. The fourth-order valence-electron chi connectivity index (χ4n) is 1.91. The van der Waals surface area contributed by atoms with Gasteiger partial charge < -0.3 is 14.8 Å². The van der Waals surface area contributed by atoms with Crippen molar-refractivity contribution in [1.29, 1.82) is 0 Å². The first kappa shape index (κ1) is 13.1. The molecule has 98 valence electrons. The lowest BCUT2D eigenvalue weighted by Gasteiger charge is -2.22. The van der Waals surface area contributed by atoms with Gasteiger partial charge in [0, 0.05) is 6.54 Å². The fraction of sp³-hybridized carbons (Fsp3) is 0.500. The summed E-state index contributed by atoms with van der Waals surface area (Å²) in [7, 11) is 0. The van der Waals surface area contributed by atoms with Crippen molar-refractivity contribution in [2.45, 2.75) is 18.9 Å². The van der Waals surface area contributed by atoms with Crippen molar-refractivity contribution < 1.29 is 14.3 Å². The Bertz CT molecular complexity index is 361. The molecule has 1 unspecified atom stereocenters. The summed E-state index contributed by atoms with van der Waals surface area (Å²) < 4.78 is 10.4. The van der Waals surface area contributed by atoms with E-state index in [4.69, 9.17) is 9.47 Å². The van der Waals surface area contributed by atoms with Crippen molar-refractivity contribution in [1.82, 2.24) is 5.32 Å². The Morgan fingerprint density at radius 3 is 2.94 bits per heavy atom. The number of hydrogen-bond donors (Lipinski definition) is 1. The van der Waals surface area contributed by atoms with E-state index in [1.807, 2.05) is 18.2 Å². The molecule has 0 bridgehead atoms. The van der Waals surface area contributed by atoms with Crippen LogP contribution < -0.4 is 5.32 Å². The van der Waals surface area contributed by atoms with Gasteiger partial charge in [-0.15, -0.1) is 0 Å². The Hall–Kier alpha value is -1.39. The minimum absolute atomic E-state index is 0.206. The molecule has 0 aliphatic carbocycles. The zero-order valence-electron chi connectivity index (χ0n) is 10.4. The number of ether oxygens (including phenoxy) is 2. The highest BCUT2D eigenvalue weighted by Crippen LogP contribution is 2.03. The normalized spacial score (nSPS) is 19.4. The van der Waals surface area contributed by atoms with Gasteiger partial charge in [0.15, 0.2) is 0 Å². The molecule has 4 heteroatoms. The zero-order chi connectivity index (χ0) is 12.6. The molecule has 0 amide bonds. The minimum Gasteiger partial charge on any atom is -0.464 e. The fourth-order valence-corrected chi connectivity index (χ4v) is 1.91. The third kappa shape index (κ3) is 4.13. The number of hydrogen-bond acceptors (Lipinski definition) is 4. The lowest BCUT2D eigenvalue weighted by molar-refractivity contribution is -0.149. The molecule has 4 nitrogen and oxygen atoms in total. The second kappa shape index (κ2) is 7.13. The second-order valence-corrected chi connectivity index (χ2v) is 4.34. The van der Waals surface area contributed by atoms with Gasteiger partial charge >= 0.3 is 5.97 Å². The highest BCUT2D eigenvalue weighted by atomic mass is 16.5. The molecule has 0 spiro atoms. The van der Waals surface area contributed by atoms with E-state index in [0.717, 1.165) is 12.8 Å². The van der Waals surface area contributed by atoms with Crippen molar-refractivity contribution in [3.8, 4) is 0 Å². The van der Waals surface area contributed by atoms with Crippen molar-refractivity contribution in [2.75, 3.05) is 26.4 Å². The number of morpholine rings is 1. The summed E-state index contributed by atoms with van der Waals surface area (Å²) in [6.45, 7) is 2.25. The molecule has 1 aliphatic rings. The molecule has 0 radical (unpaired) electrons. The number of benzene rings is 1. The topological polar surface area (TPSA) is 47.6 Å². The molecule has 1 atom stereocenters. The molecule has 1 fully saturated rings. The predicted octanol–water partition coefficient (Wildman–Crippen LogP) is 1.15. The first-order valence-electron chi connectivity index (χ1n) is 6.38. The lowest BCUT2D eigenvalue weighted by Crippen LogP contribution is -2.47. The van der Waals surface area contributed by atoms with Gasteiger partial charge in [0.05, 0.1) is 19.8 Å². The largest absolute Gasteiger partial charge is 0.464 e. The number of carbonyl (C=O) groups excluding carboxylic acids is 1. The maximum atomic E-state index is 11.6. The minimum atomic E-state index is -0.296. The van der Waals surface area contributed by atoms with Crippen molar-refractivity contribution in [3.05, 3.63) is 35.9 Å². The molecule has 1 aliphatic heterocycles. The van der Waals surface area contributed by atoms with E-state index in [-0.39, 0.29) is 12.0 Å². The Labute approximate surface area is 107 Å². The van der Waals surface area contributed by atoms with Crippen LogP contribution in [0.1, 0.15) is 12.0 Å². The maximum absolute atomic E-state index is 11.6. The van der Waals surface area contributed by atoms with Crippen LogP contribution in [0.15, 0.2) is 30.3 Å². The number of rotatable bonds is 5. The smallest absolute Gasteiger partial charge is 0.325 e. The van der Waals surface area contributed by atoms with E-state index in [0.29, 0.717) is 26.4 Å². The van der Waals surface area contributed by atoms with Gasteiger partial charge in [-0.3, -0.25) is 4.79 Å². The summed E-state index contributed by atoms with van der Waals surface area (Å²) in [5, 5.41) is 3.08. The molecule has 0 saturated carbocycles. The van der Waals surface area contributed by atoms with Gasteiger partial charge in [0.25, 0.3) is 0 Å². The van der Waals surface area contributed by atoms with E-state index in [1.165, 1.54) is 5.56 Å². The second-order valence-electron chi connectivity index (χ2n) is 4.34. The van der Waals surface area contributed by atoms with Crippen LogP contribution >= 0.6 is 0 Å². The molecule has 0 aromatic heterocycles. The van der Waals surface area contributed by atoms with Gasteiger partial charge in [-0.1, -0.05) is 30.3 Å². The number of nitrogens with one attached hydrogen (secondary N) is 1. The number of aryl methyl sites for hydroxylation is 1. The van der Waals surface area contributed by atoms with Crippen LogP contribution in [0.25, 0.3) is 0 Å². The SMILES string of the molecule is O=C(OCCCc1ccccc1)C1COCCN1. The molecule has 1 N–H and O–H groups in total. The van der Waals surface area contributed by atoms with Gasteiger partial charge in [-0.25, -0.2) is 0 Å².